The van der Waals surface area contributed by atoms with Crippen LogP contribution in [0.25, 0.3) is 11.2 Å². The number of hydrogen-bond acceptors (Lipinski definition) is 3. The first kappa shape index (κ1) is 12.0. The lowest BCUT2D eigenvalue weighted by Gasteiger charge is -2.14. The van der Waals surface area contributed by atoms with Gasteiger partial charge >= 0.3 is 0 Å². The number of nitrogens with zero attached hydrogens (tertiary/aromatic N) is 4. The first-order valence-corrected chi connectivity index (χ1v) is 6.80. The molecule has 1 saturated heterocycles. The quantitative estimate of drug-likeness (QED) is 0.798. The van der Waals surface area contributed by atoms with Crippen LogP contribution in [0, 0.1) is 6.92 Å². The Kier molecular flexibility index (Phi) is 3.03. The Morgan fingerprint density at radius 2 is 2.33 bits per heavy atom. The van der Waals surface area contributed by atoms with Gasteiger partial charge in [-0.2, -0.15) is 5.10 Å². The fraction of sp³-hybridized carbons (Fsp3) is 0.667. The standard InChI is InChI=1S/C12H17ClN4O/c1-8-11-12(16(2)15-8)17(9-4-6-18-7-9)10(14-11)3-5-13/h9H,3-7H2,1-2H3. The summed E-state index contributed by atoms with van der Waals surface area (Å²) in [4.78, 5) is 4.71. The van der Waals surface area contributed by atoms with Crippen molar-refractivity contribution in [2.75, 3.05) is 19.1 Å². The van der Waals surface area contributed by atoms with Crippen molar-refractivity contribution in [3.8, 4) is 0 Å². The number of hydrogen-bond donors (Lipinski definition) is 0. The van der Waals surface area contributed by atoms with Gasteiger partial charge in [0.2, 0.25) is 0 Å². The van der Waals surface area contributed by atoms with Gasteiger partial charge < -0.3 is 9.30 Å². The molecule has 6 heteroatoms. The summed E-state index contributed by atoms with van der Waals surface area (Å²) in [5, 5.41) is 4.44. The maximum Gasteiger partial charge on any atom is 0.159 e. The average molecular weight is 269 g/mol. The Bertz CT molecular complexity index is 568. The third kappa shape index (κ3) is 1.73. The molecule has 1 unspecified atom stereocenters. The number of alkyl halides is 1. The highest BCUT2D eigenvalue weighted by Gasteiger charge is 2.25. The molecule has 2 aromatic rings. The molecule has 1 aliphatic rings. The molecule has 0 amide bonds. The Labute approximate surface area is 111 Å². The Morgan fingerprint density at radius 1 is 1.50 bits per heavy atom. The number of aromatic nitrogens is 4. The second-order valence-electron chi connectivity index (χ2n) is 4.74. The molecule has 0 saturated carbocycles. The first-order valence-electron chi connectivity index (χ1n) is 6.26. The summed E-state index contributed by atoms with van der Waals surface area (Å²) in [5.74, 6) is 1.63. The van der Waals surface area contributed by atoms with Gasteiger partial charge in [0.25, 0.3) is 0 Å². The average Bonchev–Trinajstić information content (AvgIpc) is 2.99. The van der Waals surface area contributed by atoms with Crippen molar-refractivity contribution < 1.29 is 4.74 Å². The second kappa shape index (κ2) is 4.55. The monoisotopic (exact) mass is 268 g/mol. The molecule has 5 nitrogen and oxygen atoms in total. The summed E-state index contributed by atoms with van der Waals surface area (Å²) < 4.78 is 9.68. The molecule has 1 fully saturated rings. The van der Waals surface area contributed by atoms with Gasteiger partial charge in [-0.15, -0.1) is 11.6 Å². The molecule has 0 bridgehead atoms. The molecule has 1 atom stereocenters. The highest BCUT2D eigenvalue weighted by atomic mass is 35.5. The highest BCUT2D eigenvalue weighted by Crippen LogP contribution is 2.28. The van der Waals surface area contributed by atoms with Crippen LogP contribution in [0.4, 0.5) is 0 Å². The predicted molar refractivity (Wildman–Crippen MR) is 70.1 cm³/mol. The summed E-state index contributed by atoms with van der Waals surface area (Å²) in [6, 6.07) is 0.364. The van der Waals surface area contributed by atoms with Crippen molar-refractivity contribution in [2.24, 2.45) is 7.05 Å². The normalized spacial score (nSPS) is 20.1. The number of rotatable bonds is 3. The van der Waals surface area contributed by atoms with E-state index in [0.29, 0.717) is 11.9 Å². The zero-order valence-electron chi connectivity index (χ0n) is 10.7. The van der Waals surface area contributed by atoms with E-state index in [2.05, 4.69) is 9.67 Å². The summed E-state index contributed by atoms with van der Waals surface area (Å²) in [7, 11) is 1.97. The van der Waals surface area contributed by atoms with Gasteiger partial charge in [0.05, 0.1) is 18.3 Å². The molecule has 0 aromatic carbocycles. The van der Waals surface area contributed by atoms with Gasteiger partial charge in [-0.1, -0.05) is 0 Å². The van der Waals surface area contributed by atoms with E-state index in [-0.39, 0.29) is 0 Å². The molecule has 0 aliphatic carbocycles. The third-order valence-corrected chi connectivity index (χ3v) is 3.69. The molecule has 0 N–H and O–H groups in total. The summed E-state index contributed by atoms with van der Waals surface area (Å²) >= 11 is 5.88. The van der Waals surface area contributed by atoms with Crippen molar-refractivity contribution in [3.05, 3.63) is 11.5 Å². The van der Waals surface area contributed by atoms with E-state index in [1.54, 1.807) is 0 Å². The fourth-order valence-electron chi connectivity index (χ4n) is 2.71. The van der Waals surface area contributed by atoms with Gasteiger partial charge in [0.1, 0.15) is 11.3 Å². The van der Waals surface area contributed by atoms with Crippen LogP contribution in [0.15, 0.2) is 0 Å². The predicted octanol–water partition coefficient (Wildman–Crippen LogP) is 1.82. The minimum Gasteiger partial charge on any atom is -0.379 e. The summed E-state index contributed by atoms with van der Waals surface area (Å²) in [6.45, 7) is 3.57. The largest absolute Gasteiger partial charge is 0.379 e. The lowest BCUT2D eigenvalue weighted by molar-refractivity contribution is 0.186. The maximum absolute atomic E-state index is 5.88. The van der Waals surface area contributed by atoms with E-state index in [9.17, 15) is 0 Å². The van der Waals surface area contributed by atoms with Crippen LogP contribution in [0.2, 0.25) is 0 Å². The van der Waals surface area contributed by atoms with Crippen molar-refractivity contribution in [2.45, 2.75) is 25.8 Å². The summed E-state index contributed by atoms with van der Waals surface area (Å²) in [6.07, 6.45) is 1.82. The van der Waals surface area contributed by atoms with E-state index in [1.165, 1.54) is 0 Å². The maximum atomic E-state index is 5.88. The minimum atomic E-state index is 0.364. The molecule has 3 heterocycles. The van der Waals surface area contributed by atoms with Crippen molar-refractivity contribution in [3.63, 3.8) is 0 Å². The molecule has 0 radical (unpaired) electrons. The van der Waals surface area contributed by atoms with E-state index in [0.717, 1.165) is 48.7 Å². The number of halogens is 1. The molecule has 3 rings (SSSR count). The van der Waals surface area contributed by atoms with Crippen LogP contribution in [-0.2, 0) is 18.2 Å². The van der Waals surface area contributed by atoms with Crippen molar-refractivity contribution in [1.29, 1.82) is 0 Å². The Balaban J connectivity index is 2.19. The van der Waals surface area contributed by atoms with Crippen LogP contribution < -0.4 is 0 Å². The first-order chi connectivity index (χ1) is 8.72. The van der Waals surface area contributed by atoms with E-state index < -0.39 is 0 Å². The van der Waals surface area contributed by atoms with E-state index in [1.807, 2.05) is 18.7 Å². The van der Waals surface area contributed by atoms with Gasteiger partial charge in [0.15, 0.2) is 5.65 Å². The minimum absolute atomic E-state index is 0.364. The van der Waals surface area contributed by atoms with Gasteiger partial charge in [-0.05, 0) is 13.3 Å². The zero-order valence-corrected chi connectivity index (χ0v) is 11.4. The Hall–Kier alpha value is -1.07. The molecular weight excluding hydrogens is 252 g/mol. The van der Waals surface area contributed by atoms with Gasteiger partial charge in [0, 0.05) is 26.0 Å². The molecule has 18 heavy (non-hydrogen) atoms. The number of aryl methyl sites for hydroxylation is 3. The van der Waals surface area contributed by atoms with Crippen molar-refractivity contribution in [1.82, 2.24) is 19.3 Å². The van der Waals surface area contributed by atoms with E-state index in [4.69, 9.17) is 21.3 Å². The number of imidazole rings is 1. The van der Waals surface area contributed by atoms with Crippen LogP contribution in [0.1, 0.15) is 24.0 Å². The van der Waals surface area contributed by atoms with Crippen LogP contribution in [-0.4, -0.2) is 38.4 Å². The molecule has 0 spiro atoms. The molecule has 98 valence electrons. The van der Waals surface area contributed by atoms with Crippen LogP contribution in [0.5, 0.6) is 0 Å². The fourth-order valence-corrected chi connectivity index (χ4v) is 2.88. The van der Waals surface area contributed by atoms with Crippen molar-refractivity contribution >= 4 is 22.8 Å². The number of ether oxygens (including phenoxy) is 1. The molecule has 2 aromatic heterocycles. The third-order valence-electron chi connectivity index (χ3n) is 3.50. The molecular formula is C12H17ClN4O. The zero-order chi connectivity index (χ0) is 12.7. The highest BCUT2D eigenvalue weighted by molar-refractivity contribution is 6.17. The lowest BCUT2D eigenvalue weighted by atomic mass is 10.2. The Morgan fingerprint density at radius 3 is 3.00 bits per heavy atom. The van der Waals surface area contributed by atoms with Crippen LogP contribution >= 0.6 is 11.6 Å². The molecule has 1 aliphatic heterocycles. The topological polar surface area (TPSA) is 44.9 Å². The lowest BCUT2D eigenvalue weighted by Crippen LogP contribution is -2.15. The SMILES string of the molecule is Cc1nn(C)c2c1nc(CCCl)n2C1CCOC1. The van der Waals surface area contributed by atoms with Gasteiger partial charge in [-0.25, -0.2) is 4.98 Å². The van der Waals surface area contributed by atoms with Gasteiger partial charge in [-0.3, -0.25) is 4.68 Å². The second-order valence-corrected chi connectivity index (χ2v) is 5.11. The number of fused-ring (bicyclic) bond motifs is 1. The van der Waals surface area contributed by atoms with E-state index >= 15 is 0 Å². The smallest absolute Gasteiger partial charge is 0.159 e. The van der Waals surface area contributed by atoms with Crippen LogP contribution in [0.3, 0.4) is 0 Å². The summed E-state index contributed by atoms with van der Waals surface area (Å²) in [5.41, 5.74) is 3.05.